The number of methoxy groups -OCH3 is 1. The number of amides is 1. The number of carbonyl (C=O) groups is 1. The van der Waals surface area contributed by atoms with E-state index in [-0.39, 0.29) is 18.9 Å². The molecule has 5 heteroatoms. The fourth-order valence-corrected chi connectivity index (χ4v) is 1.72. The van der Waals surface area contributed by atoms with Crippen molar-refractivity contribution in [1.82, 2.24) is 4.90 Å². The minimum atomic E-state index is -0.949. The summed E-state index contributed by atoms with van der Waals surface area (Å²) in [6.45, 7) is 2.70. The van der Waals surface area contributed by atoms with Crippen molar-refractivity contribution in [3.8, 4) is 0 Å². The number of hydrogen-bond acceptors (Lipinski definition) is 4. The third-order valence-corrected chi connectivity index (χ3v) is 2.57. The summed E-state index contributed by atoms with van der Waals surface area (Å²) in [4.78, 5) is 12.9. The Morgan fingerprint density at radius 3 is 2.80 bits per heavy atom. The third-order valence-electron chi connectivity index (χ3n) is 2.57. The van der Waals surface area contributed by atoms with Crippen molar-refractivity contribution in [1.29, 1.82) is 0 Å². The van der Waals surface area contributed by atoms with Crippen molar-refractivity contribution in [2.75, 3.05) is 26.8 Å². The van der Waals surface area contributed by atoms with Crippen LogP contribution in [-0.4, -0.2) is 59.5 Å². The van der Waals surface area contributed by atoms with Crippen LogP contribution in [0.15, 0.2) is 0 Å². The molecule has 1 heterocycles. The average molecular weight is 217 g/mol. The zero-order valence-corrected chi connectivity index (χ0v) is 9.27. The summed E-state index contributed by atoms with van der Waals surface area (Å²) < 4.78 is 4.88. The molecule has 1 rings (SSSR count). The molecule has 1 saturated heterocycles. The van der Waals surface area contributed by atoms with E-state index in [0.717, 1.165) is 0 Å². The summed E-state index contributed by atoms with van der Waals surface area (Å²) in [5.41, 5.74) is -0.949. The van der Waals surface area contributed by atoms with Gasteiger partial charge in [0.2, 0.25) is 5.91 Å². The van der Waals surface area contributed by atoms with Crippen LogP contribution in [0, 0.1) is 0 Å². The standard InChI is InChI=1S/C10H19NO4/c1-10(14,3-4-15-2)7-11-6-8(12)5-9(11)13/h8,12,14H,3-7H2,1-2H3. The molecule has 2 unspecified atom stereocenters. The van der Waals surface area contributed by atoms with Crippen LogP contribution in [0.1, 0.15) is 19.8 Å². The van der Waals surface area contributed by atoms with E-state index in [9.17, 15) is 15.0 Å². The van der Waals surface area contributed by atoms with Crippen molar-refractivity contribution < 1.29 is 19.7 Å². The molecule has 1 amide bonds. The van der Waals surface area contributed by atoms with Crippen molar-refractivity contribution >= 4 is 5.91 Å². The predicted octanol–water partition coefficient (Wildman–Crippen LogP) is -0.633. The number of hydrogen-bond donors (Lipinski definition) is 2. The lowest BCUT2D eigenvalue weighted by molar-refractivity contribution is -0.131. The second-order valence-corrected chi connectivity index (χ2v) is 4.37. The molecule has 0 spiro atoms. The van der Waals surface area contributed by atoms with Crippen LogP contribution >= 0.6 is 0 Å². The second-order valence-electron chi connectivity index (χ2n) is 4.37. The van der Waals surface area contributed by atoms with Crippen LogP contribution < -0.4 is 0 Å². The van der Waals surface area contributed by atoms with Gasteiger partial charge in [-0.1, -0.05) is 0 Å². The summed E-state index contributed by atoms with van der Waals surface area (Å²) in [6, 6.07) is 0. The van der Waals surface area contributed by atoms with Crippen LogP contribution in [0.5, 0.6) is 0 Å². The first-order chi connectivity index (χ1) is 6.94. The molecule has 2 N–H and O–H groups in total. The molecule has 0 aromatic heterocycles. The Balaban J connectivity index is 2.42. The predicted molar refractivity (Wildman–Crippen MR) is 54.3 cm³/mol. The highest BCUT2D eigenvalue weighted by molar-refractivity contribution is 5.79. The lowest BCUT2D eigenvalue weighted by Crippen LogP contribution is -2.42. The molecule has 0 aromatic carbocycles. The number of ether oxygens (including phenoxy) is 1. The summed E-state index contributed by atoms with van der Waals surface area (Å²) in [5, 5.41) is 19.2. The van der Waals surface area contributed by atoms with Gasteiger partial charge in [0.05, 0.1) is 18.1 Å². The molecule has 0 bridgehead atoms. The minimum Gasteiger partial charge on any atom is -0.391 e. The lowest BCUT2D eigenvalue weighted by Gasteiger charge is -2.28. The zero-order valence-electron chi connectivity index (χ0n) is 9.27. The quantitative estimate of drug-likeness (QED) is 0.643. The molecular formula is C10H19NO4. The summed E-state index contributed by atoms with van der Waals surface area (Å²) in [7, 11) is 1.57. The number of likely N-dealkylation sites (tertiary alicyclic amines) is 1. The Morgan fingerprint density at radius 1 is 1.67 bits per heavy atom. The first-order valence-corrected chi connectivity index (χ1v) is 5.12. The van der Waals surface area contributed by atoms with Gasteiger partial charge in [0.1, 0.15) is 0 Å². The summed E-state index contributed by atoms with van der Waals surface area (Å²) in [6.07, 6.45) is 0.0553. The molecule has 1 aliphatic heterocycles. The maximum Gasteiger partial charge on any atom is 0.225 e. The summed E-state index contributed by atoms with van der Waals surface area (Å²) >= 11 is 0. The highest BCUT2D eigenvalue weighted by Gasteiger charge is 2.33. The maximum absolute atomic E-state index is 11.4. The first kappa shape index (κ1) is 12.4. The molecule has 0 saturated carbocycles. The molecular weight excluding hydrogens is 198 g/mol. The van der Waals surface area contributed by atoms with Gasteiger partial charge in [0.25, 0.3) is 0 Å². The van der Waals surface area contributed by atoms with Crippen molar-refractivity contribution in [3.63, 3.8) is 0 Å². The molecule has 1 fully saturated rings. The summed E-state index contributed by atoms with van der Waals surface area (Å²) in [5.74, 6) is -0.0970. The van der Waals surface area contributed by atoms with Crippen molar-refractivity contribution in [3.05, 3.63) is 0 Å². The Bertz CT molecular complexity index is 229. The Morgan fingerprint density at radius 2 is 2.33 bits per heavy atom. The van der Waals surface area contributed by atoms with Gasteiger partial charge >= 0.3 is 0 Å². The number of aliphatic hydroxyl groups is 2. The van der Waals surface area contributed by atoms with Gasteiger partial charge in [-0.15, -0.1) is 0 Å². The highest BCUT2D eigenvalue weighted by atomic mass is 16.5. The maximum atomic E-state index is 11.4. The van der Waals surface area contributed by atoms with E-state index in [1.54, 1.807) is 14.0 Å². The van der Waals surface area contributed by atoms with E-state index in [0.29, 0.717) is 19.6 Å². The van der Waals surface area contributed by atoms with Crippen LogP contribution in [-0.2, 0) is 9.53 Å². The normalized spacial score (nSPS) is 25.7. The molecule has 2 atom stereocenters. The topological polar surface area (TPSA) is 70.0 Å². The fraction of sp³-hybridized carbons (Fsp3) is 0.900. The number of nitrogens with zero attached hydrogens (tertiary/aromatic N) is 1. The second kappa shape index (κ2) is 4.92. The number of aliphatic hydroxyl groups excluding tert-OH is 1. The Hall–Kier alpha value is -0.650. The molecule has 0 aliphatic carbocycles. The third kappa shape index (κ3) is 3.77. The minimum absolute atomic E-state index is 0.0970. The highest BCUT2D eigenvalue weighted by Crippen LogP contribution is 2.17. The van der Waals surface area contributed by atoms with Gasteiger partial charge in [-0.3, -0.25) is 4.79 Å². The van der Waals surface area contributed by atoms with Gasteiger partial charge in [0, 0.05) is 33.2 Å². The van der Waals surface area contributed by atoms with E-state index < -0.39 is 11.7 Å². The van der Waals surface area contributed by atoms with E-state index in [2.05, 4.69) is 0 Å². The van der Waals surface area contributed by atoms with Crippen LogP contribution in [0.4, 0.5) is 0 Å². The van der Waals surface area contributed by atoms with E-state index in [4.69, 9.17) is 4.74 Å². The smallest absolute Gasteiger partial charge is 0.225 e. The largest absolute Gasteiger partial charge is 0.391 e. The molecule has 1 aliphatic rings. The van der Waals surface area contributed by atoms with Gasteiger partial charge in [0.15, 0.2) is 0 Å². The molecule has 0 radical (unpaired) electrons. The Kier molecular flexibility index (Phi) is 4.07. The number of carbonyl (C=O) groups excluding carboxylic acids is 1. The van der Waals surface area contributed by atoms with E-state index in [1.165, 1.54) is 4.90 Å². The van der Waals surface area contributed by atoms with E-state index in [1.807, 2.05) is 0 Å². The van der Waals surface area contributed by atoms with Gasteiger partial charge in [-0.05, 0) is 6.92 Å². The number of rotatable bonds is 5. The van der Waals surface area contributed by atoms with Crippen molar-refractivity contribution in [2.45, 2.75) is 31.5 Å². The average Bonchev–Trinajstić information content (AvgIpc) is 2.41. The molecule has 0 aromatic rings. The van der Waals surface area contributed by atoms with Crippen LogP contribution in [0.2, 0.25) is 0 Å². The zero-order chi connectivity index (χ0) is 11.5. The number of β-amino-alcohol motifs (C(OH)–C–C–N with tert-alkyl or cyclic N) is 2. The van der Waals surface area contributed by atoms with Crippen LogP contribution in [0.25, 0.3) is 0 Å². The fourth-order valence-electron chi connectivity index (χ4n) is 1.72. The van der Waals surface area contributed by atoms with Gasteiger partial charge in [-0.2, -0.15) is 0 Å². The van der Waals surface area contributed by atoms with Gasteiger partial charge < -0.3 is 19.8 Å². The van der Waals surface area contributed by atoms with Gasteiger partial charge in [-0.25, -0.2) is 0 Å². The van der Waals surface area contributed by atoms with Crippen molar-refractivity contribution in [2.24, 2.45) is 0 Å². The first-order valence-electron chi connectivity index (χ1n) is 5.12. The monoisotopic (exact) mass is 217 g/mol. The molecule has 5 nitrogen and oxygen atoms in total. The lowest BCUT2D eigenvalue weighted by atomic mass is 10.0. The van der Waals surface area contributed by atoms with E-state index >= 15 is 0 Å². The molecule has 88 valence electrons. The SMILES string of the molecule is COCCC(C)(O)CN1CC(O)CC1=O. The Labute approximate surface area is 89.6 Å². The molecule has 15 heavy (non-hydrogen) atoms. The van der Waals surface area contributed by atoms with Crippen LogP contribution in [0.3, 0.4) is 0 Å².